The van der Waals surface area contributed by atoms with Crippen molar-refractivity contribution in [1.82, 2.24) is 25.5 Å². The van der Waals surface area contributed by atoms with Crippen molar-refractivity contribution < 1.29 is 4.42 Å². The van der Waals surface area contributed by atoms with Gasteiger partial charge in [0.25, 0.3) is 0 Å². The third kappa shape index (κ3) is 3.49. The summed E-state index contributed by atoms with van der Waals surface area (Å²) in [5.41, 5.74) is 1.72. The molecule has 2 aromatic rings. The van der Waals surface area contributed by atoms with Gasteiger partial charge >= 0.3 is 6.01 Å². The quantitative estimate of drug-likeness (QED) is 0.784. The van der Waals surface area contributed by atoms with Crippen molar-refractivity contribution in [3.63, 3.8) is 0 Å². The van der Waals surface area contributed by atoms with Crippen molar-refractivity contribution in [2.45, 2.75) is 26.9 Å². The molecule has 0 spiro atoms. The third-order valence-electron chi connectivity index (χ3n) is 2.25. The Labute approximate surface area is 105 Å². The lowest BCUT2D eigenvalue weighted by Gasteiger charge is -2.00. The van der Waals surface area contributed by atoms with Crippen molar-refractivity contribution in [3.8, 4) is 0 Å². The fraction of sp³-hybridized carbons (Fsp3) is 0.455. The Kier molecular flexibility index (Phi) is 4.19. The second-order valence-corrected chi connectivity index (χ2v) is 3.78. The van der Waals surface area contributed by atoms with E-state index in [2.05, 4.69) is 30.8 Å². The van der Waals surface area contributed by atoms with Gasteiger partial charge in [-0.1, -0.05) is 12.0 Å². The highest BCUT2D eigenvalue weighted by molar-refractivity contribution is 5.19. The van der Waals surface area contributed by atoms with E-state index in [1.807, 2.05) is 13.8 Å². The van der Waals surface area contributed by atoms with Gasteiger partial charge < -0.3 is 15.1 Å². The van der Waals surface area contributed by atoms with Crippen molar-refractivity contribution in [1.29, 1.82) is 0 Å². The molecule has 0 aliphatic carbocycles. The fourth-order valence-corrected chi connectivity index (χ4v) is 1.31. The van der Waals surface area contributed by atoms with Crippen LogP contribution in [0.4, 0.5) is 6.01 Å². The maximum absolute atomic E-state index is 5.39. The van der Waals surface area contributed by atoms with E-state index in [-0.39, 0.29) is 0 Å². The topological polar surface area (TPSA) is 88.8 Å². The molecule has 0 unspecified atom stereocenters. The van der Waals surface area contributed by atoms with Crippen LogP contribution in [-0.4, -0.2) is 26.7 Å². The van der Waals surface area contributed by atoms with E-state index in [9.17, 15) is 0 Å². The molecule has 18 heavy (non-hydrogen) atoms. The van der Waals surface area contributed by atoms with Crippen LogP contribution in [0.2, 0.25) is 0 Å². The van der Waals surface area contributed by atoms with Crippen molar-refractivity contribution in [2.75, 3.05) is 11.9 Å². The van der Waals surface area contributed by atoms with Crippen LogP contribution in [-0.2, 0) is 13.1 Å². The Morgan fingerprint density at radius 3 is 2.78 bits per heavy atom. The SMILES string of the molecule is CCNCc1nnc(NCc2cnc(C)cn2)o1. The number of anilines is 1. The maximum atomic E-state index is 5.39. The Hall–Kier alpha value is -2.02. The van der Waals surface area contributed by atoms with E-state index < -0.39 is 0 Å². The number of aryl methyl sites for hydroxylation is 1. The van der Waals surface area contributed by atoms with Crippen LogP contribution >= 0.6 is 0 Å². The van der Waals surface area contributed by atoms with Crippen molar-refractivity contribution in [2.24, 2.45) is 0 Å². The summed E-state index contributed by atoms with van der Waals surface area (Å²) in [6.07, 6.45) is 3.44. The lowest BCUT2D eigenvalue weighted by atomic mass is 10.4. The Morgan fingerprint density at radius 2 is 2.06 bits per heavy atom. The largest absolute Gasteiger partial charge is 0.407 e. The predicted molar refractivity (Wildman–Crippen MR) is 65.8 cm³/mol. The number of hydrogen-bond donors (Lipinski definition) is 2. The lowest BCUT2D eigenvalue weighted by molar-refractivity contribution is 0.481. The van der Waals surface area contributed by atoms with Gasteiger partial charge in [0, 0.05) is 6.20 Å². The zero-order valence-electron chi connectivity index (χ0n) is 10.5. The Morgan fingerprint density at radius 1 is 1.17 bits per heavy atom. The molecular formula is C11H16N6O. The van der Waals surface area contributed by atoms with Gasteiger partial charge in [0.15, 0.2) is 0 Å². The van der Waals surface area contributed by atoms with Crippen LogP contribution in [0.25, 0.3) is 0 Å². The molecule has 0 saturated carbocycles. The summed E-state index contributed by atoms with van der Waals surface area (Å²) in [7, 11) is 0. The molecule has 0 atom stereocenters. The minimum absolute atomic E-state index is 0.394. The van der Waals surface area contributed by atoms with E-state index in [1.54, 1.807) is 12.4 Å². The number of aromatic nitrogens is 4. The van der Waals surface area contributed by atoms with Crippen LogP contribution in [0, 0.1) is 6.92 Å². The van der Waals surface area contributed by atoms with E-state index in [0.29, 0.717) is 25.0 Å². The standard InChI is InChI=1S/C11H16N6O/c1-3-12-7-10-16-17-11(18-10)15-6-9-5-13-8(2)4-14-9/h4-5,12H,3,6-7H2,1-2H3,(H,15,17). The Balaban J connectivity index is 1.86. The van der Waals surface area contributed by atoms with Gasteiger partial charge in [0.1, 0.15) is 0 Å². The average molecular weight is 248 g/mol. The van der Waals surface area contributed by atoms with Gasteiger partial charge in [-0.15, -0.1) is 5.10 Å². The van der Waals surface area contributed by atoms with Gasteiger partial charge in [-0.25, -0.2) is 0 Å². The van der Waals surface area contributed by atoms with Crippen LogP contribution < -0.4 is 10.6 Å². The van der Waals surface area contributed by atoms with Crippen molar-refractivity contribution >= 4 is 6.01 Å². The van der Waals surface area contributed by atoms with E-state index in [1.165, 1.54) is 0 Å². The highest BCUT2D eigenvalue weighted by Gasteiger charge is 2.05. The molecule has 0 aromatic carbocycles. The average Bonchev–Trinajstić information content (AvgIpc) is 2.84. The smallest absolute Gasteiger partial charge is 0.315 e. The summed E-state index contributed by atoms with van der Waals surface area (Å²) < 4.78 is 5.39. The summed E-state index contributed by atoms with van der Waals surface area (Å²) in [6, 6.07) is 0.394. The first kappa shape index (κ1) is 12.4. The fourth-order valence-electron chi connectivity index (χ4n) is 1.31. The van der Waals surface area contributed by atoms with Crippen LogP contribution in [0.1, 0.15) is 24.2 Å². The molecule has 96 valence electrons. The number of rotatable bonds is 6. The molecule has 7 nitrogen and oxygen atoms in total. The highest BCUT2D eigenvalue weighted by atomic mass is 16.4. The third-order valence-corrected chi connectivity index (χ3v) is 2.25. The van der Waals surface area contributed by atoms with Gasteiger partial charge in [0.2, 0.25) is 5.89 Å². The molecule has 0 saturated heterocycles. The van der Waals surface area contributed by atoms with Crippen LogP contribution in [0.5, 0.6) is 0 Å². The Bertz CT molecular complexity index is 481. The van der Waals surface area contributed by atoms with Gasteiger partial charge in [-0.2, -0.15) is 0 Å². The second-order valence-electron chi connectivity index (χ2n) is 3.78. The molecule has 0 radical (unpaired) electrons. The monoisotopic (exact) mass is 248 g/mol. The number of nitrogens with zero attached hydrogens (tertiary/aromatic N) is 4. The first-order valence-corrected chi connectivity index (χ1v) is 5.82. The highest BCUT2D eigenvalue weighted by Crippen LogP contribution is 2.06. The zero-order valence-corrected chi connectivity index (χ0v) is 10.5. The lowest BCUT2D eigenvalue weighted by Crippen LogP contribution is -2.11. The number of nitrogens with one attached hydrogen (secondary N) is 2. The molecule has 2 heterocycles. The number of hydrogen-bond acceptors (Lipinski definition) is 7. The zero-order chi connectivity index (χ0) is 12.8. The molecule has 0 fully saturated rings. The van der Waals surface area contributed by atoms with Crippen molar-refractivity contribution in [3.05, 3.63) is 29.7 Å². The molecule has 0 bridgehead atoms. The van der Waals surface area contributed by atoms with Gasteiger partial charge in [-0.3, -0.25) is 9.97 Å². The second kappa shape index (κ2) is 6.06. The first-order chi connectivity index (χ1) is 8.78. The minimum atomic E-state index is 0.394. The first-order valence-electron chi connectivity index (χ1n) is 5.82. The molecule has 0 aliphatic rings. The summed E-state index contributed by atoms with van der Waals surface area (Å²) >= 11 is 0. The van der Waals surface area contributed by atoms with E-state index >= 15 is 0 Å². The van der Waals surface area contributed by atoms with Crippen LogP contribution in [0.15, 0.2) is 16.8 Å². The summed E-state index contributed by atoms with van der Waals surface area (Å²) in [5, 5.41) is 13.9. The van der Waals surface area contributed by atoms with E-state index in [0.717, 1.165) is 17.9 Å². The molecule has 2 aromatic heterocycles. The summed E-state index contributed by atoms with van der Waals surface area (Å²) in [4.78, 5) is 8.38. The predicted octanol–water partition coefficient (Wildman–Crippen LogP) is 0.890. The van der Waals surface area contributed by atoms with E-state index in [4.69, 9.17) is 4.42 Å². The molecular weight excluding hydrogens is 232 g/mol. The molecule has 0 aliphatic heterocycles. The maximum Gasteiger partial charge on any atom is 0.315 e. The van der Waals surface area contributed by atoms with Gasteiger partial charge in [-0.05, 0) is 13.5 Å². The normalized spacial score (nSPS) is 10.6. The molecule has 0 amide bonds. The summed E-state index contributed by atoms with van der Waals surface area (Å²) in [5.74, 6) is 0.564. The molecule has 7 heteroatoms. The molecule has 2 rings (SSSR count). The van der Waals surface area contributed by atoms with Crippen LogP contribution in [0.3, 0.4) is 0 Å². The summed E-state index contributed by atoms with van der Waals surface area (Å²) in [6.45, 7) is 5.87. The molecule has 2 N–H and O–H groups in total. The minimum Gasteiger partial charge on any atom is -0.407 e. The van der Waals surface area contributed by atoms with Gasteiger partial charge in [0.05, 0.1) is 30.7 Å².